The van der Waals surface area contributed by atoms with Crippen LogP contribution in [0.4, 0.5) is 0 Å². The van der Waals surface area contributed by atoms with E-state index in [1.807, 2.05) is 0 Å². The first-order valence-corrected chi connectivity index (χ1v) is 12.1. The molecule has 10 heteroatoms. The molecule has 1 aromatic carbocycles. The second-order valence-electron chi connectivity index (χ2n) is 8.64. The molecule has 1 saturated heterocycles. The number of hydrogen-bond donors (Lipinski definition) is 3. The van der Waals surface area contributed by atoms with Gasteiger partial charge in [-0.05, 0) is 44.2 Å². The number of aliphatic hydroxyl groups is 1. The van der Waals surface area contributed by atoms with Crippen LogP contribution in [-0.2, 0) is 20.8 Å². The normalized spacial score (nSPS) is 24.7. The smallest absolute Gasteiger partial charge is 0.342 e. The number of allylic oxidation sites excluding steroid dienone is 1. The van der Waals surface area contributed by atoms with E-state index in [4.69, 9.17) is 21.2 Å². The average Bonchev–Trinajstić information content (AvgIpc) is 2.82. The van der Waals surface area contributed by atoms with Crippen LogP contribution in [0.25, 0.3) is 0 Å². The van der Waals surface area contributed by atoms with Gasteiger partial charge in [0, 0.05) is 32.0 Å². The molecule has 0 aliphatic carbocycles. The molecular formula is C25H31ClN2O7. The molecule has 2 atom stereocenters. The summed E-state index contributed by atoms with van der Waals surface area (Å²) in [5.74, 6) is -1.89. The van der Waals surface area contributed by atoms with Crippen molar-refractivity contribution in [3.05, 3.63) is 46.5 Å². The van der Waals surface area contributed by atoms with Gasteiger partial charge in [0.1, 0.15) is 23.2 Å². The molecular weight excluding hydrogens is 476 g/mol. The van der Waals surface area contributed by atoms with Crippen molar-refractivity contribution in [1.29, 1.82) is 0 Å². The van der Waals surface area contributed by atoms with Crippen LogP contribution < -0.4 is 0 Å². The van der Waals surface area contributed by atoms with Crippen molar-refractivity contribution in [2.24, 2.45) is 5.16 Å². The first kappa shape index (κ1) is 26.6. The molecule has 35 heavy (non-hydrogen) atoms. The van der Waals surface area contributed by atoms with E-state index in [9.17, 15) is 24.9 Å². The highest BCUT2D eigenvalue weighted by Crippen LogP contribution is 2.37. The van der Waals surface area contributed by atoms with Crippen molar-refractivity contribution >= 4 is 29.2 Å². The number of ether oxygens (including phenoxy) is 1. The first-order chi connectivity index (χ1) is 16.8. The first-order valence-electron chi connectivity index (χ1n) is 11.7. The zero-order valence-corrected chi connectivity index (χ0v) is 20.4. The Morgan fingerprint density at radius 2 is 1.94 bits per heavy atom. The van der Waals surface area contributed by atoms with Crippen LogP contribution in [0, 0.1) is 0 Å². The summed E-state index contributed by atoms with van der Waals surface area (Å²) in [6.45, 7) is 2.80. The van der Waals surface area contributed by atoms with Crippen molar-refractivity contribution in [2.75, 3.05) is 19.7 Å². The summed E-state index contributed by atoms with van der Waals surface area (Å²) in [5, 5.41) is 34.7. The van der Waals surface area contributed by atoms with Gasteiger partial charge in [-0.3, -0.25) is 4.79 Å². The maximum Gasteiger partial charge on any atom is 0.342 e. The van der Waals surface area contributed by atoms with E-state index in [2.05, 4.69) is 5.16 Å². The summed E-state index contributed by atoms with van der Waals surface area (Å²) in [5.41, 5.74) is 0.175. The van der Waals surface area contributed by atoms with Crippen molar-refractivity contribution < 1.29 is 34.5 Å². The average molecular weight is 507 g/mol. The fraction of sp³-hybridized carbons (Fsp3) is 0.480. The minimum absolute atomic E-state index is 0.101. The van der Waals surface area contributed by atoms with Crippen molar-refractivity contribution in [3.8, 4) is 11.5 Å². The Labute approximate surface area is 209 Å². The quantitative estimate of drug-likeness (QED) is 0.325. The lowest BCUT2D eigenvalue weighted by atomic mass is 9.99. The second-order valence-corrected chi connectivity index (χ2v) is 9.02. The lowest BCUT2D eigenvalue weighted by molar-refractivity contribution is -0.137. The molecule has 3 rings (SSSR count). The SMILES string of the molecule is C[C@@H]1C/C=C/[C@H](O)C/C=C/C(=NOCC(=O)N2CCCCC2)Cc2c(Cl)c(O)cc(O)c2C(=O)O1. The fourth-order valence-electron chi connectivity index (χ4n) is 3.92. The van der Waals surface area contributed by atoms with Crippen molar-refractivity contribution in [2.45, 2.75) is 57.7 Å². The van der Waals surface area contributed by atoms with Crippen LogP contribution in [0.3, 0.4) is 0 Å². The van der Waals surface area contributed by atoms with Crippen LogP contribution >= 0.6 is 11.6 Å². The number of rotatable bonds is 3. The minimum atomic E-state index is -0.817. The summed E-state index contributed by atoms with van der Waals surface area (Å²) < 4.78 is 5.44. The van der Waals surface area contributed by atoms with E-state index in [1.54, 1.807) is 36.1 Å². The van der Waals surface area contributed by atoms with Gasteiger partial charge in [-0.2, -0.15) is 0 Å². The Bertz CT molecular complexity index is 1020. The largest absolute Gasteiger partial charge is 0.507 e. The number of amides is 1. The molecule has 0 bridgehead atoms. The Balaban J connectivity index is 1.91. The molecule has 1 aromatic rings. The molecule has 0 aromatic heterocycles. The lowest BCUT2D eigenvalue weighted by Crippen LogP contribution is -2.37. The molecule has 9 nitrogen and oxygen atoms in total. The summed E-state index contributed by atoms with van der Waals surface area (Å²) in [4.78, 5) is 32.3. The second kappa shape index (κ2) is 12.6. The number of halogens is 1. The number of esters is 1. The number of benzene rings is 1. The molecule has 3 N–H and O–H groups in total. The standard InChI is InChI=1S/C25H31ClN2O7/c1-16-7-5-9-18(29)10-6-8-17(27-34-15-22(32)28-11-3-2-4-12-28)13-19-23(25(33)35-16)20(30)14-21(31)24(19)26/h5-6,8-9,14,16,18,29-31H,2-4,7,10-13,15H2,1H3/b8-6+,9-5+,27-17?/t16-,18+/m1/s1. The van der Waals surface area contributed by atoms with Crippen molar-refractivity contribution in [1.82, 2.24) is 4.90 Å². The highest BCUT2D eigenvalue weighted by Gasteiger charge is 2.26. The van der Waals surface area contributed by atoms with Gasteiger partial charge in [0.05, 0.1) is 16.8 Å². The number of fused-ring (bicyclic) bond motifs is 1. The molecule has 1 fully saturated rings. The maximum absolute atomic E-state index is 12.9. The summed E-state index contributed by atoms with van der Waals surface area (Å²) in [7, 11) is 0. The molecule has 2 aliphatic heterocycles. The van der Waals surface area contributed by atoms with Gasteiger partial charge in [0.15, 0.2) is 6.61 Å². The summed E-state index contributed by atoms with van der Waals surface area (Å²) in [6, 6.07) is 0.979. The predicted molar refractivity (Wildman–Crippen MR) is 131 cm³/mol. The number of carbonyl (C=O) groups excluding carboxylic acids is 2. The topological polar surface area (TPSA) is 129 Å². The number of phenols is 2. The molecule has 190 valence electrons. The zero-order valence-electron chi connectivity index (χ0n) is 19.7. The van der Waals surface area contributed by atoms with Gasteiger partial charge in [-0.25, -0.2) is 4.79 Å². The van der Waals surface area contributed by atoms with Crippen LogP contribution in [-0.4, -0.2) is 69.7 Å². The van der Waals surface area contributed by atoms with Crippen LogP contribution in [0.5, 0.6) is 11.5 Å². The molecule has 1 amide bonds. The Morgan fingerprint density at radius 1 is 1.20 bits per heavy atom. The monoisotopic (exact) mass is 506 g/mol. The van der Waals surface area contributed by atoms with Gasteiger partial charge >= 0.3 is 5.97 Å². The van der Waals surface area contributed by atoms with Crippen LogP contribution in [0.1, 0.15) is 54.9 Å². The molecule has 2 aliphatic rings. The number of likely N-dealkylation sites (tertiary alicyclic amines) is 1. The van der Waals surface area contributed by atoms with Crippen LogP contribution in [0.2, 0.25) is 5.02 Å². The van der Waals surface area contributed by atoms with Gasteiger partial charge in [0.2, 0.25) is 0 Å². The summed E-state index contributed by atoms with van der Waals surface area (Å²) >= 11 is 6.31. The van der Waals surface area contributed by atoms with E-state index in [-0.39, 0.29) is 47.2 Å². The maximum atomic E-state index is 12.9. The number of piperidine rings is 1. The third-order valence-corrected chi connectivity index (χ3v) is 6.21. The third-order valence-electron chi connectivity index (χ3n) is 5.78. The molecule has 0 saturated carbocycles. The number of nitrogens with zero attached hydrogens (tertiary/aromatic N) is 2. The van der Waals surface area contributed by atoms with Crippen molar-refractivity contribution in [3.63, 3.8) is 0 Å². The molecule has 0 spiro atoms. The van der Waals surface area contributed by atoms with E-state index in [0.29, 0.717) is 19.5 Å². The van der Waals surface area contributed by atoms with E-state index in [0.717, 1.165) is 25.3 Å². The number of aromatic hydroxyl groups is 2. The number of oxime groups is 1. The van der Waals surface area contributed by atoms with Gasteiger partial charge in [-0.15, -0.1) is 0 Å². The van der Waals surface area contributed by atoms with Gasteiger partial charge in [0.25, 0.3) is 5.91 Å². The Hall–Kier alpha value is -3.04. The van der Waals surface area contributed by atoms with Gasteiger partial charge in [-0.1, -0.05) is 35.0 Å². The molecule has 2 heterocycles. The zero-order chi connectivity index (χ0) is 25.4. The molecule has 0 unspecified atom stereocenters. The number of carbonyl (C=O) groups is 2. The lowest BCUT2D eigenvalue weighted by Gasteiger charge is -2.26. The highest BCUT2D eigenvalue weighted by molar-refractivity contribution is 6.33. The number of cyclic esters (lactones) is 1. The van der Waals surface area contributed by atoms with E-state index < -0.39 is 29.7 Å². The van der Waals surface area contributed by atoms with Gasteiger partial charge < -0.3 is 29.8 Å². The minimum Gasteiger partial charge on any atom is -0.507 e. The van der Waals surface area contributed by atoms with E-state index >= 15 is 0 Å². The number of aliphatic hydroxyl groups excluding tert-OH is 1. The Morgan fingerprint density at radius 3 is 2.69 bits per heavy atom. The number of phenolic OH excluding ortho intramolecular Hbond substituents is 2. The van der Waals surface area contributed by atoms with E-state index in [1.165, 1.54) is 0 Å². The predicted octanol–water partition coefficient (Wildman–Crippen LogP) is 3.49. The Kier molecular flexibility index (Phi) is 9.56. The number of hydrogen-bond acceptors (Lipinski definition) is 8. The highest BCUT2D eigenvalue weighted by atomic mass is 35.5. The molecule has 0 radical (unpaired) electrons. The summed E-state index contributed by atoms with van der Waals surface area (Å²) in [6.07, 6.45) is 8.79. The van der Waals surface area contributed by atoms with Crippen LogP contribution in [0.15, 0.2) is 35.5 Å². The fourth-order valence-corrected chi connectivity index (χ4v) is 4.14. The third kappa shape index (κ3) is 7.47.